The topological polar surface area (TPSA) is 95.9 Å². The van der Waals surface area contributed by atoms with Crippen LogP contribution in [0, 0.1) is 0 Å². The van der Waals surface area contributed by atoms with E-state index >= 15 is 0 Å². The highest BCUT2D eigenvalue weighted by Gasteiger charge is 2.20. The number of carbonyl (C=O) groups is 2. The molecule has 3 N–H and O–H groups in total. The molecule has 2 unspecified atom stereocenters. The Labute approximate surface area is 481 Å². The van der Waals surface area contributed by atoms with Crippen LogP contribution >= 0.6 is 0 Å². The Hall–Kier alpha value is -1.66. The van der Waals surface area contributed by atoms with Gasteiger partial charge in [0, 0.05) is 12.8 Å². The predicted octanol–water partition coefficient (Wildman–Crippen LogP) is 22.5. The minimum Gasteiger partial charge on any atom is -0.466 e. The maximum absolute atomic E-state index is 12.5. The third-order valence-electron chi connectivity index (χ3n) is 16.5. The van der Waals surface area contributed by atoms with Gasteiger partial charge in [-0.2, -0.15) is 0 Å². The Bertz CT molecular complexity index is 1200. The van der Waals surface area contributed by atoms with E-state index in [1.807, 2.05) is 0 Å². The van der Waals surface area contributed by atoms with Crippen molar-refractivity contribution in [1.29, 1.82) is 0 Å². The number of nitrogens with one attached hydrogen (secondary N) is 1. The molecule has 0 aliphatic rings. The number of esters is 1. The minimum absolute atomic E-state index is 0.00634. The molecule has 0 rings (SSSR count). The smallest absolute Gasteiger partial charge is 0.305 e. The van der Waals surface area contributed by atoms with E-state index < -0.39 is 12.1 Å². The van der Waals surface area contributed by atoms with Gasteiger partial charge in [-0.25, -0.2) is 0 Å². The summed E-state index contributed by atoms with van der Waals surface area (Å²) < 4.78 is 5.49. The average Bonchev–Trinajstić information content (AvgIpc) is 3.43. The summed E-state index contributed by atoms with van der Waals surface area (Å²) in [5.41, 5.74) is 0. The molecule has 0 aromatic carbocycles. The molecule has 0 heterocycles. The summed E-state index contributed by atoms with van der Waals surface area (Å²) in [5, 5.41) is 23.4. The van der Waals surface area contributed by atoms with Gasteiger partial charge in [0.1, 0.15) is 0 Å². The quantitative estimate of drug-likeness (QED) is 0.0320. The summed E-state index contributed by atoms with van der Waals surface area (Å²) >= 11 is 0. The molecule has 0 fully saturated rings. The highest BCUT2D eigenvalue weighted by Crippen LogP contribution is 2.19. The number of aliphatic hydroxyl groups excluding tert-OH is 2. The molecule has 0 aromatic heterocycles. The summed E-state index contributed by atoms with van der Waals surface area (Å²) in [4.78, 5) is 24.6. The first-order valence-corrected chi connectivity index (χ1v) is 35.1. The summed E-state index contributed by atoms with van der Waals surface area (Å²) in [5.74, 6) is -0.0277. The molecule has 0 spiro atoms. The SMILES string of the molecule is CCCCCCCC/C=C\CCCCCCCC(=O)OCCCCCCCCCCCCCC/C=C\CCCCCCCCCCCC(=O)NC(CO)C(O)CCCCCCCCCCCCCCCCCCCCCC. The fraction of sp³-hybridized carbons (Fsp3) is 0.915. The molecule has 6 heteroatoms. The molecule has 2 atom stereocenters. The third kappa shape index (κ3) is 63.4. The maximum atomic E-state index is 12.5. The van der Waals surface area contributed by atoms with Crippen molar-refractivity contribution < 1.29 is 24.5 Å². The van der Waals surface area contributed by atoms with Gasteiger partial charge in [-0.05, 0) is 77.0 Å². The normalized spacial score (nSPS) is 12.6. The number of hydrogen-bond donors (Lipinski definition) is 3. The summed E-state index contributed by atoms with van der Waals surface area (Å²) in [7, 11) is 0. The summed E-state index contributed by atoms with van der Waals surface area (Å²) in [6.45, 7) is 4.98. The second-order valence-electron chi connectivity index (χ2n) is 24.2. The molecule has 1 amide bonds. The molecule has 0 radical (unpaired) electrons. The lowest BCUT2D eigenvalue weighted by atomic mass is 10.0. The monoisotopic (exact) mass is 1080 g/mol. The Balaban J connectivity index is 3.39. The largest absolute Gasteiger partial charge is 0.466 e. The van der Waals surface area contributed by atoms with E-state index in [2.05, 4.69) is 43.5 Å². The molecule has 0 aromatic rings. The zero-order chi connectivity index (χ0) is 55.7. The first kappa shape index (κ1) is 75.3. The van der Waals surface area contributed by atoms with Crippen LogP contribution < -0.4 is 5.32 Å². The van der Waals surface area contributed by atoms with Crippen molar-refractivity contribution in [2.75, 3.05) is 13.2 Å². The maximum Gasteiger partial charge on any atom is 0.305 e. The highest BCUT2D eigenvalue weighted by atomic mass is 16.5. The number of carbonyl (C=O) groups excluding carboxylic acids is 2. The molecule has 77 heavy (non-hydrogen) atoms. The van der Waals surface area contributed by atoms with Gasteiger partial charge in [0.2, 0.25) is 5.91 Å². The van der Waals surface area contributed by atoms with Gasteiger partial charge < -0.3 is 20.3 Å². The van der Waals surface area contributed by atoms with E-state index in [1.165, 1.54) is 315 Å². The van der Waals surface area contributed by atoms with E-state index in [4.69, 9.17) is 4.74 Å². The second-order valence-corrected chi connectivity index (χ2v) is 24.2. The lowest BCUT2D eigenvalue weighted by molar-refractivity contribution is -0.143. The van der Waals surface area contributed by atoms with Crippen LogP contribution in [0.15, 0.2) is 24.3 Å². The molecular formula is C71H137NO5. The van der Waals surface area contributed by atoms with Crippen LogP contribution in [0.4, 0.5) is 0 Å². The van der Waals surface area contributed by atoms with E-state index in [1.54, 1.807) is 0 Å². The van der Waals surface area contributed by atoms with Gasteiger partial charge in [-0.1, -0.05) is 327 Å². The predicted molar refractivity (Wildman–Crippen MR) is 338 cm³/mol. The summed E-state index contributed by atoms with van der Waals surface area (Å²) in [6.07, 6.45) is 83.6. The van der Waals surface area contributed by atoms with Gasteiger partial charge in [0.05, 0.1) is 25.4 Å². The number of ether oxygens (including phenoxy) is 1. The number of amides is 1. The molecule has 0 bridgehead atoms. The molecule has 456 valence electrons. The number of aliphatic hydroxyl groups is 2. The van der Waals surface area contributed by atoms with Crippen LogP contribution in [0.5, 0.6) is 0 Å². The van der Waals surface area contributed by atoms with Gasteiger partial charge in [0.25, 0.3) is 0 Å². The Morgan fingerprint density at radius 2 is 0.610 bits per heavy atom. The summed E-state index contributed by atoms with van der Waals surface area (Å²) in [6, 6.07) is -0.545. The zero-order valence-electron chi connectivity index (χ0n) is 52.2. The lowest BCUT2D eigenvalue weighted by Crippen LogP contribution is -2.45. The number of unbranched alkanes of at least 4 members (excludes halogenated alkanes) is 51. The number of rotatable bonds is 66. The highest BCUT2D eigenvalue weighted by molar-refractivity contribution is 5.76. The van der Waals surface area contributed by atoms with Crippen LogP contribution in [0.3, 0.4) is 0 Å². The molecule has 0 saturated carbocycles. The molecule has 0 saturated heterocycles. The van der Waals surface area contributed by atoms with E-state index in [0.717, 1.165) is 44.9 Å². The lowest BCUT2D eigenvalue weighted by Gasteiger charge is -2.22. The van der Waals surface area contributed by atoms with Crippen molar-refractivity contribution >= 4 is 11.9 Å². The Morgan fingerprint density at radius 1 is 0.351 bits per heavy atom. The first-order valence-electron chi connectivity index (χ1n) is 35.1. The van der Waals surface area contributed by atoms with Crippen LogP contribution in [0.2, 0.25) is 0 Å². The standard InChI is InChI=1S/C71H137NO5/c1-3-5-7-9-11-13-15-17-19-20-21-29-32-36-39-43-47-51-55-59-63-69(74)68(67-73)72-70(75)64-60-56-52-48-44-40-37-33-30-27-25-23-22-24-26-28-31-34-38-42-46-50-54-58-62-66-77-71(76)65-61-57-53-49-45-41-35-18-16-14-12-10-8-6-4-2/h18,23,25,35,68-69,73-74H,3-17,19-22,24,26-34,36-67H2,1-2H3,(H,72,75)/b25-23-,35-18-. The Morgan fingerprint density at radius 3 is 0.922 bits per heavy atom. The van der Waals surface area contributed by atoms with Crippen molar-refractivity contribution in [3.8, 4) is 0 Å². The van der Waals surface area contributed by atoms with Gasteiger partial charge in [0.15, 0.2) is 0 Å². The van der Waals surface area contributed by atoms with Crippen LogP contribution in [0.1, 0.15) is 393 Å². The van der Waals surface area contributed by atoms with Crippen LogP contribution in [-0.4, -0.2) is 47.4 Å². The fourth-order valence-electron chi connectivity index (χ4n) is 11.1. The molecular weight excluding hydrogens is 947 g/mol. The fourth-order valence-corrected chi connectivity index (χ4v) is 11.1. The van der Waals surface area contributed by atoms with Crippen LogP contribution in [-0.2, 0) is 14.3 Å². The van der Waals surface area contributed by atoms with Gasteiger partial charge in [-0.3, -0.25) is 9.59 Å². The van der Waals surface area contributed by atoms with Crippen molar-refractivity contribution in [2.24, 2.45) is 0 Å². The Kier molecular flexibility index (Phi) is 65.4. The molecule has 6 nitrogen and oxygen atoms in total. The van der Waals surface area contributed by atoms with Crippen molar-refractivity contribution in [2.45, 2.75) is 405 Å². The zero-order valence-corrected chi connectivity index (χ0v) is 52.2. The van der Waals surface area contributed by atoms with E-state index in [0.29, 0.717) is 25.9 Å². The minimum atomic E-state index is -0.667. The van der Waals surface area contributed by atoms with E-state index in [-0.39, 0.29) is 18.5 Å². The number of allylic oxidation sites excluding steroid dienone is 4. The van der Waals surface area contributed by atoms with Crippen LogP contribution in [0.25, 0.3) is 0 Å². The van der Waals surface area contributed by atoms with Crippen molar-refractivity contribution in [3.05, 3.63) is 24.3 Å². The molecule has 0 aliphatic carbocycles. The second kappa shape index (κ2) is 66.8. The van der Waals surface area contributed by atoms with Gasteiger partial charge in [-0.15, -0.1) is 0 Å². The average molecular weight is 1080 g/mol. The first-order chi connectivity index (χ1) is 38.0. The molecule has 0 aliphatic heterocycles. The van der Waals surface area contributed by atoms with Crippen molar-refractivity contribution in [1.82, 2.24) is 5.32 Å². The van der Waals surface area contributed by atoms with E-state index in [9.17, 15) is 19.8 Å². The number of hydrogen-bond acceptors (Lipinski definition) is 5. The third-order valence-corrected chi connectivity index (χ3v) is 16.5. The van der Waals surface area contributed by atoms with Crippen molar-refractivity contribution in [3.63, 3.8) is 0 Å². The van der Waals surface area contributed by atoms with Gasteiger partial charge >= 0.3 is 5.97 Å².